The van der Waals surface area contributed by atoms with Gasteiger partial charge in [-0.1, -0.05) is 18.2 Å². The number of carbonyl (C=O) groups excluding carboxylic acids is 2. The van der Waals surface area contributed by atoms with E-state index in [1.165, 1.54) is 0 Å². The van der Waals surface area contributed by atoms with Crippen molar-refractivity contribution in [3.63, 3.8) is 0 Å². The Balaban J connectivity index is 2.02. The molecule has 1 fully saturated rings. The first-order valence-corrected chi connectivity index (χ1v) is 5.26. The number of carbonyl (C=O) groups is 2. The number of hydrogen-bond acceptors (Lipinski definition) is 3. The number of nitrogens with one attached hydrogen (secondary N) is 1. The Morgan fingerprint density at radius 1 is 1.24 bits per heavy atom. The maximum absolute atomic E-state index is 11.4. The zero-order valence-electron chi connectivity index (χ0n) is 8.90. The Morgan fingerprint density at radius 2 is 2.06 bits per heavy atom. The highest BCUT2D eigenvalue weighted by molar-refractivity contribution is 6.15. The number of fused-ring (bicyclic) bond motifs is 1. The van der Waals surface area contributed by atoms with E-state index in [2.05, 4.69) is 5.32 Å². The average molecular weight is 227 g/mol. The molecule has 0 aliphatic carbocycles. The molecule has 2 heterocycles. The first-order valence-electron chi connectivity index (χ1n) is 5.26. The number of furan rings is 1. The third-order valence-corrected chi connectivity index (χ3v) is 2.66. The average Bonchev–Trinajstić information content (AvgIpc) is 2.82. The van der Waals surface area contributed by atoms with Crippen LogP contribution < -0.4 is 5.32 Å². The predicted molar refractivity (Wildman–Crippen MR) is 62.0 cm³/mol. The molecule has 17 heavy (non-hydrogen) atoms. The smallest absolute Gasteiger partial charge is 0.254 e. The maximum atomic E-state index is 11.4. The second kappa shape index (κ2) is 3.59. The highest BCUT2D eigenvalue weighted by Crippen LogP contribution is 2.22. The lowest BCUT2D eigenvalue weighted by Crippen LogP contribution is -2.19. The van der Waals surface area contributed by atoms with Crippen LogP contribution in [0.1, 0.15) is 12.2 Å². The molecule has 0 bridgehead atoms. The summed E-state index contributed by atoms with van der Waals surface area (Å²) in [5.41, 5.74) is 1.21. The third-order valence-electron chi connectivity index (χ3n) is 2.66. The maximum Gasteiger partial charge on any atom is 0.254 e. The first-order chi connectivity index (χ1) is 8.22. The molecular formula is C13H9NO3. The summed E-state index contributed by atoms with van der Waals surface area (Å²) in [6.07, 6.45) is 1.73. The normalized spacial score (nSPS) is 18.0. The number of hydrogen-bond donors (Lipinski definition) is 1. The number of amides is 2. The van der Waals surface area contributed by atoms with Gasteiger partial charge in [0.1, 0.15) is 11.3 Å². The van der Waals surface area contributed by atoms with Crippen molar-refractivity contribution in [2.75, 3.05) is 0 Å². The van der Waals surface area contributed by atoms with Crippen LogP contribution in [-0.4, -0.2) is 11.8 Å². The third kappa shape index (κ3) is 1.73. The number of para-hydroxylation sites is 1. The van der Waals surface area contributed by atoms with Gasteiger partial charge in [0.25, 0.3) is 5.91 Å². The van der Waals surface area contributed by atoms with Gasteiger partial charge in [-0.05, 0) is 18.2 Å². The van der Waals surface area contributed by atoms with Crippen LogP contribution in [0.3, 0.4) is 0 Å². The van der Waals surface area contributed by atoms with E-state index < -0.39 is 0 Å². The molecule has 0 unspecified atom stereocenters. The van der Waals surface area contributed by atoms with Crippen molar-refractivity contribution in [1.82, 2.24) is 5.32 Å². The van der Waals surface area contributed by atoms with Gasteiger partial charge in [-0.15, -0.1) is 0 Å². The minimum Gasteiger partial charge on any atom is -0.457 e. The van der Waals surface area contributed by atoms with Crippen molar-refractivity contribution < 1.29 is 14.0 Å². The quantitative estimate of drug-likeness (QED) is 0.597. The van der Waals surface area contributed by atoms with Crippen molar-refractivity contribution in [3.8, 4) is 0 Å². The molecule has 4 heteroatoms. The molecule has 1 aliphatic heterocycles. The van der Waals surface area contributed by atoms with Crippen molar-refractivity contribution in [1.29, 1.82) is 0 Å². The fourth-order valence-corrected chi connectivity index (χ4v) is 1.87. The molecule has 1 aromatic carbocycles. The van der Waals surface area contributed by atoms with Gasteiger partial charge in [0, 0.05) is 11.0 Å². The van der Waals surface area contributed by atoms with Crippen LogP contribution in [0.4, 0.5) is 0 Å². The van der Waals surface area contributed by atoms with Crippen LogP contribution in [-0.2, 0) is 9.59 Å². The molecule has 2 aromatic rings. The van der Waals surface area contributed by atoms with Crippen LogP contribution in [0.25, 0.3) is 17.0 Å². The Labute approximate surface area is 96.9 Å². The summed E-state index contributed by atoms with van der Waals surface area (Å²) in [5, 5.41) is 3.21. The Hall–Kier alpha value is -2.36. The summed E-state index contributed by atoms with van der Waals surface area (Å²) >= 11 is 0. The number of rotatable bonds is 1. The van der Waals surface area contributed by atoms with Crippen LogP contribution in [0.5, 0.6) is 0 Å². The lowest BCUT2D eigenvalue weighted by molar-refractivity contribution is -0.124. The fourth-order valence-electron chi connectivity index (χ4n) is 1.87. The van der Waals surface area contributed by atoms with E-state index in [4.69, 9.17) is 4.42 Å². The molecule has 0 saturated carbocycles. The van der Waals surface area contributed by atoms with Gasteiger partial charge in [-0.2, -0.15) is 0 Å². The molecule has 1 N–H and O–H groups in total. The molecule has 3 rings (SSSR count). The van der Waals surface area contributed by atoms with E-state index in [0.717, 1.165) is 11.0 Å². The fraction of sp³-hybridized carbons (Fsp3) is 0.0769. The first kappa shape index (κ1) is 9.84. The molecule has 0 radical (unpaired) electrons. The Morgan fingerprint density at radius 3 is 2.76 bits per heavy atom. The molecule has 4 nitrogen and oxygen atoms in total. The summed E-state index contributed by atoms with van der Waals surface area (Å²) in [4.78, 5) is 22.4. The van der Waals surface area contributed by atoms with Crippen LogP contribution >= 0.6 is 0 Å². The molecule has 0 atom stereocenters. The number of benzene rings is 1. The van der Waals surface area contributed by atoms with E-state index in [0.29, 0.717) is 11.3 Å². The van der Waals surface area contributed by atoms with Gasteiger partial charge in [0.2, 0.25) is 5.91 Å². The van der Waals surface area contributed by atoms with Gasteiger partial charge in [0.05, 0.1) is 6.42 Å². The molecule has 1 saturated heterocycles. The van der Waals surface area contributed by atoms with Crippen molar-refractivity contribution >= 4 is 28.9 Å². The molecule has 84 valence electrons. The molecule has 0 spiro atoms. The molecule has 1 aromatic heterocycles. The predicted octanol–water partition coefficient (Wildman–Crippen LogP) is 1.86. The minimum atomic E-state index is -0.338. The second-order valence-electron chi connectivity index (χ2n) is 3.91. The molecular weight excluding hydrogens is 218 g/mol. The summed E-state index contributed by atoms with van der Waals surface area (Å²) in [7, 11) is 0. The summed E-state index contributed by atoms with van der Waals surface area (Å²) in [5.74, 6) is -0.0149. The summed E-state index contributed by atoms with van der Waals surface area (Å²) < 4.78 is 5.55. The van der Waals surface area contributed by atoms with Gasteiger partial charge in [-0.25, -0.2) is 0 Å². The monoisotopic (exact) mass is 227 g/mol. The number of imide groups is 1. The lowest BCUT2D eigenvalue weighted by Gasteiger charge is -1.89. The van der Waals surface area contributed by atoms with E-state index in [-0.39, 0.29) is 18.2 Å². The van der Waals surface area contributed by atoms with Crippen molar-refractivity contribution in [3.05, 3.63) is 41.7 Å². The van der Waals surface area contributed by atoms with Crippen molar-refractivity contribution in [2.24, 2.45) is 0 Å². The largest absolute Gasteiger partial charge is 0.457 e. The molecule has 2 amide bonds. The lowest BCUT2D eigenvalue weighted by atomic mass is 10.2. The van der Waals surface area contributed by atoms with E-state index in [1.807, 2.05) is 30.3 Å². The minimum absolute atomic E-state index is 0.121. The van der Waals surface area contributed by atoms with Crippen LogP contribution in [0.15, 0.2) is 40.3 Å². The zero-order chi connectivity index (χ0) is 11.8. The van der Waals surface area contributed by atoms with Crippen LogP contribution in [0, 0.1) is 0 Å². The van der Waals surface area contributed by atoms with Gasteiger partial charge in [0.15, 0.2) is 0 Å². The summed E-state index contributed by atoms with van der Waals surface area (Å²) in [6.45, 7) is 0. The van der Waals surface area contributed by atoms with E-state index in [9.17, 15) is 9.59 Å². The van der Waals surface area contributed by atoms with Crippen molar-refractivity contribution in [2.45, 2.75) is 6.42 Å². The highest BCUT2D eigenvalue weighted by atomic mass is 16.3. The highest BCUT2D eigenvalue weighted by Gasteiger charge is 2.24. The van der Waals surface area contributed by atoms with Gasteiger partial charge < -0.3 is 4.42 Å². The second-order valence-corrected chi connectivity index (χ2v) is 3.91. The Bertz CT molecular complexity index is 618. The zero-order valence-corrected chi connectivity index (χ0v) is 8.90. The van der Waals surface area contributed by atoms with Gasteiger partial charge >= 0.3 is 0 Å². The standard InChI is InChI=1S/C13H9NO3/c15-12-7-9(13(16)14-12)6-10-5-8-3-1-2-4-11(8)17-10/h1-6H,7H2,(H,14,15,16). The van der Waals surface area contributed by atoms with Gasteiger partial charge in [-0.3, -0.25) is 14.9 Å². The topological polar surface area (TPSA) is 59.3 Å². The van der Waals surface area contributed by atoms with E-state index >= 15 is 0 Å². The SMILES string of the molecule is O=C1CC(=Cc2cc3ccccc3o2)C(=O)N1. The Kier molecular flexibility index (Phi) is 2.08. The van der Waals surface area contributed by atoms with Crippen LogP contribution in [0.2, 0.25) is 0 Å². The molecule has 1 aliphatic rings. The summed E-state index contributed by atoms with van der Waals surface area (Å²) in [6, 6.07) is 9.44. The van der Waals surface area contributed by atoms with E-state index in [1.54, 1.807) is 6.08 Å².